The number of nitrogens with one attached hydrogen (secondary N) is 1. The van der Waals surface area contributed by atoms with Gasteiger partial charge in [0.15, 0.2) is 0 Å². The molecule has 2 aromatic rings. The summed E-state index contributed by atoms with van der Waals surface area (Å²) >= 11 is 0. The molecule has 0 saturated carbocycles. The summed E-state index contributed by atoms with van der Waals surface area (Å²) in [5.41, 5.74) is 1.07. The number of halogens is 1. The van der Waals surface area contributed by atoms with Crippen molar-refractivity contribution >= 4 is 11.4 Å². The molecule has 0 atom stereocenters. The molecule has 2 rings (SSSR count). The zero-order valence-corrected chi connectivity index (χ0v) is 10.8. The lowest BCUT2D eigenvalue weighted by molar-refractivity contribution is -0.384. The fourth-order valence-electron chi connectivity index (χ4n) is 1.84. The maximum Gasteiger partial charge on any atom is 0.292 e. The molecule has 0 aliphatic heterocycles. The Morgan fingerprint density at radius 2 is 1.95 bits per heavy atom. The molecule has 0 amide bonds. The number of rotatable bonds is 5. The van der Waals surface area contributed by atoms with Crippen LogP contribution in [0.2, 0.25) is 0 Å². The molecule has 6 heteroatoms. The van der Waals surface area contributed by atoms with Crippen molar-refractivity contribution in [1.29, 1.82) is 0 Å². The molecule has 20 heavy (non-hydrogen) atoms. The number of anilines is 1. The maximum atomic E-state index is 12.8. The molecule has 0 aliphatic rings. The number of para-hydroxylation sites is 1. The Morgan fingerprint density at radius 3 is 2.55 bits per heavy atom. The molecule has 2 aromatic carbocycles. The maximum absolute atomic E-state index is 12.8. The topological polar surface area (TPSA) is 64.4 Å². The van der Waals surface area contributed by atoms with Gasteiger partial charge < -0.3 is 10.1 Å². The van der Waals surface area contributed by atoms with E-state index in [-0.39, 0.29) is 18.1 Å². The number of nitro groups is 1. The van der Waals surface area contributed by atoms with Gasteiger partial charge in [-0.1, -0.05) is 12.1 Å². The highest BCUT2D eigenvalue weighted by Gasteiger charge is 2.16. The average Bonchev–Trinajstić information content (AvgIpc) is 2.46. The zero-order chi connectivity index (χ0) is 14.5. The lowest BCUT2D eigenvalue weighted by atomic mass is 10.1. The third kappa shape index (κ3) is 3.03. The minimum Gasteiger partial charge on any atom is -0.489 e. The fraction of sp³-hybridized carbons (Fsp3) is 0.143. The van der Waals surface area contributed by atoms with Crippen molar-refractivity contribution in [3.05, 3.63) is 64.0 Å². The minimum absolute atomic E-state index is 0.00675. The van der Waals surface area contributed by atoms with Crippen LogP contribution in [0.3, 0.4) is 0 Å². The van der Waals surface area contributed by atoms with Gasteiger partial charge in [-0.3, -0.25) is 10.1 Å². The first-order chi connectivity index (χ1) is 9.61. The van der Waals surface area contributed by atoms with Gasteiger partial charge in [0.1, 0.15) is 23.9 Å². The van der Waals surface area contributed by atoms with Crippen molar-refractivity contribution in [3.8, 4) is 5.75 Å². The van der Waals surface area contributed by atoms with Gasteiger partial charge in [0.05, 0.1) is 4.92 Å². The van der Waals surface area contributed by atoms with Crippen LogP contribution in [0, 0.1) is 15.9 Å². The summed E-state index contributed by atoms with van der Waals surface area (Å²) in [4.78, 5) is 10.5. The molecule has 5 nitrogen and oxygen atoms in total. The monoisotopic (exact) mass is 276 g/mol. The first-order valence-electron chi connectivity index (χ1n) is 5.94. The van der Waals surface area contributed by atoms with E-state index in [0.717, 1.165) is 0 Å². The predicted octanol–water partition coefficient (Wildman–Crippen LogP) is 3.35. The fourth-order valence-corrected chi connectivity index (χ4v) is 1.84. The van der Waals surface area contributed by atoms with Crippen LogP contribution in [0.25, 0.3) is 0 Å². The summed E-state index contributed by atoms with van der Waals surface area (Å²) in [6, 6.07) is 10.4. The number of hydrogen-bond donors (Lipinski definition) is 1. The number of nitrogens with zero attached hydrogens (tertiary/aromatic N) is 1. The Hall–Kier alpha value is -2.63. The van der Waals surface area contributed by atoms with E-state index in [2.05, 4.69) is 5.32 Å². The van der Waals surface area contributed by atoms with Crippen LogP contribution in [-0.2, 0) is 6.61 Å². The van der Waals surface area contributed by atoms with Crippen LogP contribution < -0.4 is 10.1 Å². The summed E-state index contributed by atoms with van der Waals surface area (Å²) in [5.74, 6) is 0.156. The van der Waals surface area contributed by atoms with E-state index in [1.807, 2.05) is 0 Å². The Balaban J connectivity index is 2.19. The Labute approximate surface area is 115 Å². The molecular weight excluding hydrogens is 263 g/mol. The third-order valence-electron chi connectivity index (χ3n) is 2.78. The SMILES string of the molecule is CNc1c(COc2ccc(F)cc2)cccc1[N+](=O)[O-]. The molecule has 1 N–H and O–H groups in total. The lowest BCUT2D eigenvalue weighted by Crippen LogP contribution is -2.04. The predicted molar refractivity (Wildman–Crippen MR) is 73.4 cm³/mol. The van der Waals surface area contributed by atoms with Crippen LogP contribution in [0.5, 0.6) is 5.75 Å². The van der Waals surface area contributed by atoms with Crippen LogP contribution in [0.1, 0.15) is 5.56 Å². The first kappa shape index (κ1) is 13.8. The molecule has 0 heterocycles. The molecule has 0 aliphatic carbocycles. The smallest absolute Gasteiger partial charge is 0.292 e. The molecule has 0 bridgehead atoms. The van der Waals surface area contributed by atoms with E-state index in [0.29, 0.717) is 17.0 Å². The molecular formula is C14H13FN2O3. The van der Waals surface area contributed by atoms with Crippen molar-refractivity contribution in [2.45, 2.75) is 6.61 Å². The summed E-state index contributed by atoms with van der Waals surface area (Å²) in [6.07, 6.45) is 0. The molecule has 0 spiro atoms. The summed E-state index contributed by atoms with van der Waals surface area (Å²) < 4.78 is 18.3. The van der Waals surface area contributed by atoms with Crippen molar-refractivity contribution in [2.24, 2.45) is 0 Å². The second-order valence-corrected chi connectivity index (χ2v) is 4.06. The Morgan fingerprint density at radius 1 is 1.25 bits per heavy atom. The van der Waals surface area contributed by atoms with Gasteiger partial charge in [0, 0.05) is 18.7 Å². The van der Waals surface area contributed by atoms with Crippen LogP contribution >= 0.6 is 0 Å². The van der Waals surface area contributed by atoms with E-state index in [4.69, 9.17) is 4.74 Å². The number of benzene rings is 2. The normalized spacial score (nSPS) is 10.1. The Bertz CT molecular complexity index is 614. The summed E-state index contributed by atoms with van der Waals surface area (Å²) in [5, 5.41) is 13.7. The van der Waals surface area contributed by atoms with Gasteiger partial charge in [-0.2, -0.15) is 0 Å². The molecule has 104 valence electrons. The second kappa shape index (κ2) is 6.01. The van der Waals surface area contributed by atoms with Crippen LogP contribution in [-0.4, -0.2) is 12.0 Å². The highest BCUT2D eigenvalue weighted by molar-refractivity contribution is 5.65. The van der Waals surface area contributed by atoms with Gasteiger partial charge in [-0.15, -0.1) is 0 Å². The molecule has 0 saturated heterocycles. The van der Waals surface area contributed by atoms with E-state index in [1.165, 1.54) is 30.3 Å². The second-order valence-electron chi connectivity index (χ2n) is 4.06. The van der Waals surface area contributed by atoms with Gasteiger partial charge in [0.2, 0.25) is 0 Å². The van der Waals surface area contributed by atoms with Gasteiger partial charge in [-0.05, 0) is 24.3 Å². The van der Waals surface area contributed by atoms with Gasteiger partial charge in [-0.25, -0.2) is 4.39 Å². The molecule has 0 radical (unpaired) electrons. The van der Waals surface area contributed by atoms with Crippen molar-refractivity contribution in [3.63, 3.8) is 0 Å². The molecule has 0 aromatic heterocycles. The number of hydrogen-bond acceptors (Lipinski definition) is 4. The highest BCUT2D eigenvalue weighted by atomic mass is 19.1. The summed E-state index contributed by atoms with van der Waals surface area (Å²) in [6.45, 7) is 0.156. The van der Waals surface area contributed by atoms with Crippen molar-refractivity contribution < 1.29 is 14.1 Å². The van der Waals surface area contributed by atoms with Gasteiger partial charge >= 0.3 is 0 Å². The third-order valence-corrected chi connectivity index (χ3v) is 2.78. The number of ether oxygens (including phenoxy) is 1. The quantitative estimate of drug-likeness (QED) is 0.671. The van der Waals surface area contributed by atoms with E-state index >= 15 is 0 Å². The summed E-state index contributed by atoms with van der Waals surface area (Å²) in [7, 11) is 1.61. The first-order valence-corrected chi connectivity index (χ1v) is 5.94. The molecule has 0 unspecified atom stereocenters. The molecule has 0 fully saturated rings. The van der Waals surface area contributed by atoms with E-state index < -0.39 is 4.92 Å². The van der Waals surface area contributed by atoms with Crippen LogP contribution in [0.15, 0.2) is 42.5 Å². The number of nitro benzene ring substituents is 1. The van der Waals surface area contributed by atoms with Crippen molar-refractivity contribution in [2.75, 3.05) is 12.4 Å². The minimum atomic E-state index is -0.451. The zero-order valence-electron chi connectivity index (χ0n) is 10.8. The Kier molecular flexibility index (Phi) is 4.14. The van der Waals surface area contributed by atoms with Gasteiger partial charge in [0.25, 0.3) is 5.69 Å². The lowest BCUT2D eigenvalue weighted by Gasteiger charge is -2.11. The van der Waals surface area contributed by atoms with E-state index in [9.17, 15) is 14.5 Å². The van der Waals surface area contributed by atoms with E-state index in [1.54, 1.807) is 19.2 Å². The van der Waals surface area contributed by atoms with Crippen LogP contribution in [0.4, 0.5) is 15.8 Å². The average molecular weight is 276 g/mol. The largest absolute Gasteiger partial charge is 0.489 e. The highest BCUT2D eigenvalue weighted by Crippen LogP contribution is 2.28. The van der Waals surface area contributed by atoms with Crippen molar-refractivity contribution in [1.82, 2.24) is 0 Å². The standard InChI is InChI=1S/C14H13FN2O3/c1-16-14-10(3-2-4-13(14)17(18)19)9-20-12-7-5-11(15)6-8-12/h2-8,16H,9H2,1H3.